The molecule has 7 heteroatoms. The molecule has 0 fully saturated rings. The number of nitrogens with zero attached hydrogens (tertiary/aromatic N) is 5. The van der Waals surface area contributed by atoms with Gasteiger partial charge in [0, 0.05) is 30.9 Å². The fraction of sp³-hybridized carbons (Fsp3) is 0.176. The van der Waals surface area contributed by atoms with Gasteiger partial charge in [-0.15, -0.1) is 5.10 Å². The Hall–Kier alpha value is -3.22. The second-order valence-electron chi connectivity index (χ2n) is 5.36. The Labute approximate surface area is 138 Å². The number of furan rings is 1. The lowest BCUT2D eigenvalue weighted by Gasteiger charge is -2.05. The van der Waals surface area contributed by atoms with Crippen molar-refractivity contribution in [2.45, 2.75) is 13.0 Å². The highest BCUT2D eigenvalue weighted by atomic mass is 16.3. The van der Waals surface area contributed by atoms with Crippen molar-refractivity contribution >= 4 is 16.9 Å². The van der Waals surface area contributed by atoms with E-state index in [9.17, 15) is 0 Å². The second-order valence-corrected chi connectivity index (χ2v) is 5.36. The summed E-state index contributed by atoms with van der Waals surface area (Å²) in [5, 5.41) is 16.4. The molecule has 0 saturated carbocycles. The minimum atomic E-state index is 0.494. The van der Waals surface area contributed by atoms with Crippen LogP contribution in [0.5, 0.6) is 0 Å². The minimum absolute atomic E-state index is 0.494. The SMILES string of the molecule is c1ccc2oc(-c3cnnc(NCCCn4cccn4)n3)cc2c1. The summed E-state index contributed by atoms with van der Waals surface area (Å²) in [6.45, 7) is 1.59. The van der Waals surface area contributed by atoms with Crippen LogP contribution in [-0.4, -0.2) is 31.5 Å². The molecule has 4 aromatic rings. The standard InChI is InChI=1S/C17H16N6O/c1-2-6-15-13(5-1)11-16(24-15)14-12-19-22-17(21-14)18-7-3-9-23-10-4-8-20-23/h1-2,4-6,8,10-12H,3,7,9H2,(H,18,21,22). The zero-order valence-corrected chi connectivity index (χ0v) is 13.0. The van der Waals surface area contributed by atoms with E-state index < -0.39 is 0 Å². The number of rotatable bonds is 6. The zero-order chi connectivity index (χ0) is 16.2. The third kappa shape index (κ3) is 3.10. The Kier molecular flexibility index (Phi) is 3.89. The molecule has 0 radical (unpaired) electrons. The van der Waals surface area contributed by atoms with Gasteiger partial charge in [-0.2, -0.15) is 10.2 Å². The molecular formula is C17H16N6O. The third-order valence-corrected chi connectivity index (χ3v) is 3.64. The van der Waals surface area contributed by atoms with E-state index >= 15 is 0 Å². The largest absolute Gasteiger partial charge is 0.454 e. The van der Waals surface area contributed by atoms with E-state index in [2.05, 4.69) is 25.6 Å². The van der Waals surface area contributed by atoms with Gasteiger partial charge in [-0.05, 0) is 24.6 Å². The number of para-hydroxylation sites is 1. The van der Waals surface area contributed by atoms with Gasteiger partial charge in [0.05, 0.1) is 6.20 Å². The summed E-state index contributed by atoms with van der Waals surface area (Å²) < 4.78 is 7.71. The summed E-state index contributed by atoms with van der Waals surface area (Å²) >= 11 is 0. The molecule has 1 aromatic carbocycles. The molecule has 0 unspecified atom stereocenters. The van der Waals surface area contributed by atoms with E-state index in [0.717, 1.165) is 30.5 Å². The van der Waals surface area contributed by atoms with Crippen LogP contribution in [0, 0.1) is 0 Å². The van der Waals surface area contributed by atoms with Crippen LogP contribution in [-0.2, 0) is 6.54 Å². The molecule has 1 N–H and O–H groups in total. The van der Waals surface area contributed by atoms with Gasteiger partial charge in [0.25, 0.3) is 0 Å². The number of anilines is 1. The zero-order valence-electron chi connectivity index (χ0n) is 13.0. The number of fused-ring (bicyclic) bond motifs is 1. The molecule has 0 saturated heterocycles. The van der Waals surface area contributed by atoms with Crippen molar-refractivity contribution in [3.63, 3.8) is 0 Å². The number of hydrogen-bond donors (Lipinski definition) is 1. The highest BCUT2D eigenvalue weighted by Crippen LogP contribution is 2.26. The summed E-state index contributed by atoms with van der Waals surface area (Å²) in [5.74, 6) is 1.18. The van der Waals surface area contributed by atoms with Crippen LogP contribution in [0.15, 0.2) is 59.4 Å². The molecule has 3 heterocycles. The lowest BCUT2D eigenvalue weighted by molar-refractivity contribution is 0.590. The number of aromatic nitrogens is 5. The summed E-state index contributed by atoms with van der Waals surface area (Å²) in [5.41, 5.74) is 1.50. The maximum absolute atomic E-state index is 5.81. The Morgan fingerprint density at radius 1 is 1.17 bits per heavy atom. The van der Waals surface area contributed by atoms with Crippen molar-refractivity contribution in [1.29, 1.82) is 0 Å². The van der Waals surface area contributed by atoms with Crippen LogP contribution in [0.2, 0.25) is 0 Å². The van der Waals surface area contributed by atoms with Gasteiger partial charge in [-0.1, -0.05) is 18.2 Å². The highest BCUT2D eigenvalue weighted by Gasteiger charge is 2.09. The molecule has 7 nitrogen and oxygen atoms in total. The molecular weight excluding hydrogens is 304 g/mol. The fourth-order valence-corrected chi connectivity index (χ4v) is 2.48. The topological polar surface area (TPSA) is 81.7 Å². The first-order chi connectivity index (χ1) is 11.9. The van der Waals surface area contributed by atoms with E-state index in [0.29, 0.717) is 17.4 Å². The average Bonchev–Trinajstić information content (AvgIpc) is 3.28. The predicted molar refractivity (Wildman–Crippen MR) is 90.4 cm³/mol. The molecule has 0 atom stereocenters. The van der Waals surface area contributed by atoms with Crippen LogP contribution in [0.4, 0.5) is 5.95 Å². The van der Waals surface area contributed by atoms with Crippen LogP contribution >= 0.6 is 0 Å². The summed E-state index contributed by atoms with van der Waals surface area (Å²) in [4.78, 5) is 4.47. The molecule has 24 heavy (non-hydrogen) atoms. The van der Waals surface area contributed by atoms with E-state index in [-0.39, 0.29) is 0 Å². The molecule has 120 valence electrons. The first kappa shape index (κ1) is 14.4. The van der Waals surface area contributed by atoms with E-state index in [1.165, 1.54) is 0 Å². The van der Waals surface area contributed by atoms with Crippen molar-refractivity contribution in [2.24, 2.45) is 0 Å². The average molecular weight is 320 g/mol. The lowest BCUT2D eigenvalue weighted by Crippen LogP contribution is -2.10. The smallest absolute Gasteiger partial charge is 0.243 e. The van der Waals surface area contributed by atoms with Gasteiger partial charge in [0.1, 0.15) is 11.3 Å². The van der Waals surface area contributed by atoms with Crippen LogP contribution in [0.3, 0.4) is 0 Å². The Bertz CT molecular complexity index is 898. The van der Waals surface area contributed by atoms with Gasteiger partial charge in [-0.25, -0.2) is 4.98 Å². The molecule has 0 amide bonds. The molecule has 3 aromatic heterocycles. The molecule has 0 aliphatic carbocycles. The van der Waals surface area contributed by atoms with Gasteiger partial charge >= 0.3 is 0 Å². The van der Waals surface area contributed by atoms with E-state index in [1.807, 2.05) is 47.3 Å². The Balaban J connectivity index is 1.43. The second kappa shape index (κ2) is 6.49. The van der Waals surface area contributed by atoms with Crippen molar-refractivity contribution < 1.29 is 4.42 Å². The summed E-state index contributed by atoms with van der Waals surface area (Å²) in [6, 6.07) is 11.7. The third-order valence-electron chi connectivity index (χ3n) is 3.64. The van der Waals surface area contributed by atoms with Crippen molar-refractivity contribution in [3.05, 3.63) is 55.0 Å². The van der Waals surface area contributed by atoms with Crippen molar-refractivity contribution in [3.8, 4) is 11.5 Å². The van der Waals surface area contributed by atoms with Gasteiger partial charge in [0.2, 0.25) is 5.95 Å². The quantitative estimate of drug-likeness (QED) is 0.550. The molecule has 0 bridgehead atoms. The molecule has 4 rings (SSSR count). The van der Waals surface area contributed by atoms with Crippen molar-refractivity contribution in [2.75, 3.05) is 11.9 Å². The van der Waals surface area contributed by atoms with Crippen LogP contribution < -0.4 is 5.32 Å². The predicted octanol–water partition coefficient (Wildman–Crippen LogP) is 2.98. The number of nitrogens with one attached hydrogen (secondary N) is 1. The highest BCUT2D eigenvalue weighted by molar-refractivity contribution is 5.81. The lowest BCUT2D eigenvalue weighted by atomic mass is 10.2. The maximum atomic E-state index is 5.81. The first-order valence-electron chi connectivity index (χ1n) is 7.78. The van der Waals surface area contributed by atoms with Crippen LogP contribution in [0.25, 0.3) is 22.4 Å². The van der Waals surface area contributed by atoms with Gasteiger partial charge in [0.15, 0.2) is 5.76 Å². The number of benzene rings is 1. The van der Waals surface area contributed by atoms with Crippen molar-refractivity contribution in [1.82, 2.24) is 25.0 Å². The summed E-state index contributed by atoms with van der Waals surface area (Å²) in [6.07, 6.45) is 6.24. The molecule has 0 aliphatic heterocycles. The number of hydrogen-bond acceptors (Lipinski definition) is 6. The normalized spacial score (nSPS) is 11.0. The Morgan fingerprint density at radius 3 is 3.00 bits per heavy atom. The maximum Gasteiger partial charge on any atom is 0.243 e. The molecule has 0 spiro atoms. The minimum Gasteiger partial charge on any atom is -0.454 e. The van der Waals surface area contributed by atoms with E-state index in [4.69, 9.17) is 4.42 Å². The Morgan fingerprint density at radius 2 is 2.12 bits per heavy atom. The number of aryl methyl sites for hydroxylation is 1. The monoisotopic (exact) mass is 320 g/mol. The van der Waals surface area contributed by atoms with Crippen LogP contribution in [0.1, 0.15) is 6.42 Å². The van der Waals surface area contributed by atoms with E-state index in [1.54, 1.807) is 12.4 Å². The first-order valence-corrected chi connectivity index (χ1v) is 7.78. The van der Waals surface area contributed by atoms with Gasteiger partial charge < -0.3 is 9.73 Å². The van der Waals surface area contributed by atoms with Gasteiger partial charge in [-0.3, -0.25) is 4.68 Å². The molecule has 0 aliphatic rings. The summed E-state index contributed by atoms with van der Waals surface area (Å²) in [7, 11) is 0. The fourth-order valence-electron chi connectivity index (χ4n) is 2.48.